The number of nitrogens with zero attached hydrogens (tertiary/aromatic N) is 1. The Hall–Kier alpha value is -3.03. The molecule has 1 amide bonds. The summed E-state index contributed by atoms with van der Waals surface area (Å²) in [6.45, 7) is 1.30. The maximum atomic E-state index is 11.5. The third-order valence-corrected chi connectivity index (χ3v) is 3.51. The van der Waals surface area contributed by atoms with E-state index in [4.69, 9.17) is 0 Å². The second-order valence-electron chi connectivity index (χ2n) is 5.12. The highest BCUT2D eigenvalue weighted by Gasteiger charge is 2.15. The second-order valence-corrected chi connectivity index (χ2v) is 5.12. The average Bonchev–Trinajstić information content (AvgIpc) is 2.86. The van der Waals surface area contributed by atoms with Gasteiger partial charge in [-0.25, -0.2) is 4.68 Å². The topological polar surface area (TPSA) is 54.3 Å². The van der Waals surface area contributed by atoms with E-state index < -0.39 is 0 Å². The summed E-state index contributed by atoms with van der Waals surface area (Å²) < 4.78 is 1.64. The van der Waals surface area contributed by atoms with E-state index in [1.165, 1.54) is 6.92 Å². The Labute approximate surface area is 134 Å². The fraction of sp³-hybridized carbons (Fsp3) is 0.105. The molecule has 0 saturated heterocycles. The van der Waals surface area contributed by atoms with Gasteiger partial charge < -0.3 is 5.11 Å². The summed E-state index contributed by atoms with van der Waals surface area (Å²) in [5, 5.41) is 10.6. The highest BCUT2D eigenvalue weighted by molar-refractivity contribution is 5.90. The summed E-state index contributed by atoms with van der Waals surface area (Å²) in [5.41, 5.74) is 5.75. The first-order chi connectivity index (χ1) is 11.2. The number of amides is 1. The molecule has 0 spiro atoms. The lowest BCUT2D eigenvalue weighted by Crippen LogP contribution is -2.21. The van der Waals surface area contributed by atoms with Crippen molar-refractivity contribution in [1.29, 1.82) is 0 Å². The Bertz CT molecular complexity index is 915. The van der Waals surface area contributed by atoms with E-state index in [0.717, 1.165) is 16.5 Å². The molecular formula is C19H16N2O2. The van der Waals surface area contributed by atoms with Crippen LogP contribution in [0.2, 0.25) is 0 Å². The predicted octanol–water partition coefficient (Wildman–Crippen LogP) is 2.62. The van der Waals surface area contributed by atoms with E-state index in [2.05, 4.69) is 17.3 Å². The fourth-order valence-electron chi connectivity index (χ4n) is 2.52. The number of hydrogen-bond donors (Lipinski definition) is 2. The van der Waals surface area contributed by atoms with Crippen LogP contribution in [0.1, 0.15) is 23.7 Å². The molecule has 23 heavy (non-hydrogen) atoms. The van der Waals surface area contributed by atoms with E-state index in [1.807, 2.05) is 54.6 Å². The van der Waals surface area contributed by atoms with Gasteiger partial charge >= 0.3 is 0 Å². The summed E-state index contributed by atoms with van der Waals surface area (Å²) >= 11 is 0. The summed E-state index contributed by atoms with van der Waals surface area (Å²) in [4.78, 5) is 11.5. The number of aromatic nitrogens is 1. The summed E-state index contributed by atoms with van der Waals surface area (Å²) in [7, 11) is 0. The van der Waals surface area contributed by atoms with Gasteiger partial charge in [-0.1, -0.05) is 42.3 Å². The molecular weight excluding hydrogens is 288 g/mol. The Morgan fingerprint density at radius 1 is 1.09 bits per heavy atom. The van der Waals surface area contributed by atoms with E-state index in [0.29, 0.717) is 11.3 Å². The molecule has 0 atom stereocenters. The smallest absolute Gasteiger partial charge is 0.235 e. The average molecular weight is 304 g/mol. The van der Waals surface area contributed by atoms with Crippen molar-refractivity contribution in [3.63, 3.8) is 0 Å². The Morgan fingerprint density at radius 2 is 1.78 bits per heavy atom. The normalized spacial score (nSPS) is 10.2. The van der Waals surface area contributed by atoms with Crippen LogP contribution in [0, 0.1) is 11.8 Å². The van der Waals surface area contributed by atoms with Crippen molar-refractivity contribution in [2.75, 3.05) is 5.43 Å². The minimum atomic E-state index is -0.196. The van der Waals surface area contributed by atoms with Crippen LogP contribution in [0.4, 0.5) is 0 Å². The van der Waals surface area contributed by atoms with Crippen LogP contribution < -0.4 is 5.43 Å². The first-order valence-corrected chi connectivity index (χ1v) is 7.28. The van der Waals surface area contributed by atoms with Gasteiger partial charge in [-0.3, -0.25) is 10.2 Å². The number of rotatable bonds is 2. The van der Waals surface area contributed by atoms with E-state index >= 15 is 0 Å². The van der Waals surface area contributed by atoms with Gasteiger partial charge in [-0.15, -0.1) is 0 Å². The molecule has 3 aromatic rings. The molecule has 0 fully saturated rings. The largest absolute Gasteiger partial charge is 0.392 e. The lowest BCUT2D eigenvalue weighted by molar-refractivity contribution is -0.115. The molecule has 114 valence electrons. The number of carbonyl (C=O) groups is 1. The van der Waals surface area contributed by atoms with Gasteiger partial charge in [-0.05, 0) is 24.1 Å². The van der Waals surface area contributed by atoms with E-state index in [-0.39, 0.29) is 12.5 Å². The van der Waals surface area contributed by atoms with Gasteiger partial charge in [-0.2, -0.15) is 0 Å². The van der Waals surface area contributed by atoms with Crippen molar-refractivity contribution in [3.8, 4) is 11.8 Å². The number of carbonyl (C=O) groups excluding carboxylic acids is 1. The van der Waals surface area contributed by atoms with Crippen LogP contribution in [-0.4, -0.2) is 15.7 Å². The van der Waals surface area contributed by atoms with Crippen molar-refractivity contribution < 1.29 is 9.90 Å². The van der Waals surface area contributed by atoms with Crippen LogP contribution in [0.5, 0.6) is 0 Å². The number of hydrogen-bond acceptors (Lipinski definition) is 2. The van der Waals surface area contributed by atoms with Crippen molar-refractivity contribution >= 4 is 16.8 Å². The van der Waals surface area contributed by atoms with Crippen molar-refractivity contribution in [3.05, 3.63) is 71.4 Å². The summed E-state index contributed by atoms with van der Waals surface area (Å²) in [6, 6.07) is 17.2. The van der Waals surface area contributed by atoms with Crippen LogP contribution in [0.3, 0.4) is 0 Å². The van der Waals surface area contributed by atoms with Crippen molar-refractivity contribution in [1.82, 2.24) is 4.68 Å². The number of benzene rings is 2. The number of para-hydroxylation sites is 1. The molecule has 0 aliphatic heterocycles. The Morgan fingerprint density at radius 3 is 2.48 bits per heavy atom. The molecule has 1 aromatic heterocycles. The number of nitrogens with one attached hydrogen (secondary N) is 1. The Balaban J connectivity index is 2.21. The molecule has 0 aliphatic rings. The highest BCUT2D eigenvalue weighted by Crippen LogP contribution is 2.25. The van der Waals surface area contributed by atoms with Crippen molar-refractivity contribution in [2.24, 2.45) is 0 Å². The molecule has 0 aliphatic carbocycles. The maximum Gasteiger partial charge on any atom is 0.235 e. The second kappa shape index (κ2) is 6.39. The number of aliphatic hydroxyl groups is 1. The van der Waals surface area contributed by atoms with Crippen molar-refractivity contribution in [2.45, 2.75) is 13.5 Å². The zero-order chi connectivity index (χ0) is 16.2. The third-order valence-electron chi connectivity index (χ3n) is 3.51. The van der Waals surface area contributed by atoms with E-state index in [1.54, 1.807) is 4.68 Å². The van der Waals surface area contributed by atoms with Crippen LogP contribution >= 0.6 is 0 Å². The summed E-state index contributed by atoms with van der Waals surface area (Å²) in [5.74, 6) is 5.96. The molecule has 1 heterocycles. The van der Waals surface area contributed by atoms with Gasteiger partial charge in [0.25, 0.3) is 0 Å². The molecule has 4 nitrogen and oxygen atoms in total. The number of fused-ring (bicyclic) bond motifs is 1. The van der Waals surface area contributed by atoms with Gasteiger partial charge in [0, 0.05) is 23.4 Å². The minimum absolute atomic E-state index is 0.147. The zero-order valence-corrected chi connectivity index (χ0v) is 12.7. The SMILES string of the molecule is CC(=O)Nn1c(C#Cc2ccccc2)c(CO)c2ccccc21. The van der Waals surface area contributed by atoms with Gasteiger partial charge in [0.1, 0.15) is 5.69 Å². The summed E-state index contributed by atoms with van der Waals surface area (Å²) in [6.07, 6.45) is 0. The lowest BCUT2D eigenvalue weighted by Gasteiger charge is -2.07. The van der Waals surface area contributed by atoms with Crippen LogP contribution in [-0.2, 0) is 11.4 Å². The standard InChI is InChI=1S/C19H16N2O2/c1-14(23)20-21-18-10-6-5-9-16(18)17(13-22)19(21)12-11-15-7-3-2-4-8-15/h2-10,22H,13H2,1H3,(H,20,23). The molecule has 2 aromatic carbocycles. The van der Waals surface area contributed by atoms with Gasteiger partial charge in [0.15, 0.2) is 0 Å². The first kappa shape index (κ1) is 14.9. The van der Waals surface area contributed by atoms with Crippen LogP contribution in [0.25, 0.3) is 10.9 Å². The lowest BCUT2D eigenvalue weighted by atomic mass is 10.1. The van der Waals surface area contributed by atoms with E-state index in [9.17, 15) is 9.90 Å². The molecule has 3 rings (SSSR count). The zero-order valence-electron chi connectivity index (χ0n) is 12.7. The number of aliphatic hydroxyl groups excluding tert-OH is 1. The quantitative estimate of drug-likeness (QED) is 0.715. The van der Waals surface area contributed by atoms with Crippen LogP contribution in [0.15, 0.2) is 54.6 Å². The van der Waals surface area contributed by atoms with Gasteiger partial charge in [0.2, 0.25) is 5.91 Å². The fourth-order valence-corrected chi connectivity index (χ4v) is 2.52. The molecule has 4 heteroatoms. The van der Waals surface area contributed by atoms with Gasteiger partial charge in [0.05, 0.1) is 12.1 Å². The highest BCUT2D eigenvalue weighted by atomic mass is 16.3. The molecule has 0 radical (unpaired) electrons. The molecule has 2 N–H and O–H groups in total. The molecule has 0 unspecified atom stereocenters. The third kappa shape index (κ3) is 2.96. The first-order valence-electron chi connectivity index (χ1n) is 7.28. The predicted molar refractivity (Wildman–Crippen MR) is 90.3 cm³/mol. The Kier molecular flexibility index (Phi) is 4.13. The maximum absolute atomic E-state index is 11.5. The monoisotopic (exact) mass is 304 g/mol. The minimum Gasteiger partial charge on any atom is -0.392 e. The molecule has 0 saturated carbocycles. The molecule has 0 bridgehead atoms.